The van der Waals surface area contributed by atoms with Crippen LogP contribution in [-0.4, -0.2) is 20.0 Å². The van der Waals surface area contributed by atoms with Crippen molar-refractivity contribution in [2.24, 2.45) is 0 Å². The van der Waals surface area contributed by atoms with Crippen molar-refractivity contribution in [2.45, 2.75) is 12.8 Å². The van der Waals surface area contributed by atoms with Gasteiger partial charge < -0.3 is 13.9 Å². The highest BCUT2D eigenvalue weighted by Gasteiger charge is 2.28. The maximum absolute atomic E-state index is 11.9. The lowest BCUT2D eigenvalue weighted by Crippen LogP contribution is -2.11. The largest absolute Gasteiger partial charge is 0.496 e. The number of carbonyl (C=O) groups excluding carboxylic acids is 1. The van der Waals surface area contributed by atoms with Crippen molar-refractivity contribution < 1.29 is 18.7 Å². The van der Waals surface area contributed by atoms with Crippen LogP contribution in [0.4, 0.5) is 0 Å². The Bertz CT molecular complexity index is 742. The molecule has 5 heteroatoms. The number of hydrogen-bond acceptors (Lipinski definition) is 5. The fraction of sp³-hybridized carbons (Fsp3) is 0.286. The van der Waals surface area contributed by atoms with Gasteiger partial charge in [-0.15, -0.1) is 0 Å². The number of rotatable bonds is 2. The highest BCUT2D eigenvalue weighted by molar-refractivity contribution is 6.05. The highest BCUT2D eigenvalue weighted by atomic mass is 16.5. The number of Topliss-reactive ketones (excluding diaryl/α,β-unsaturated/α-hetero) is 1. The van der Waals surface area contributed by atoms with Crippen LogP contribution in [0.25, 0.3) is 11.0 Å². The molecule has 0 bridgehead atoms. The summed E-state index contributed by atoms with van der Waals surface area (Å²) in [4.78, 5) is 23.6. The lowest BCUT2D eigenvalue weighted by atomic mass is 10.1. The van der Waals surface area contributed by atoms with E-state index < -0.39 is 5.63 Å². The van der Waals surface area contributed by atoms with Gasteiger partial charge in [-0.25, -0.2) is 4.79 Å². The lowest BCUT2D eigenvalue weighted by molar-refractivity contribution is 0.0991. The number of carbonyl (C=O) groups is 1. The molecule has 0 saturated carbocycles. The van der Waals surface area contributed by atoms with Gasteiger partial charge >= 0.3 is 5.63 Å². The van der Waals surface area contributed by atoms with E-state index in [9.17, 15) is 9.59 Å². The molecule has 5 nitrogen and oxygen atoms in total. The molecule has 3 rings (SSSR count). The summed E-state index contributed by atoms with van der Waals surface area (Å²) >= 11 is 0. The molecule has 0 spiro atoms. The first-order valence-corrected chi connectivity index (χ1v) is 5.90. The molecule has 1 aromatic heterocycles. The fourth-order valence-electron chi connectivity index (χ4n) is 2.52. The van der Waals surface area contributed by atoms with Crippen molar-refractivity contribution in [1.82, 2.24) is 0 Å². The molecule has 0 fully saturated rings. The molecule has 98 valence electrons. The van der Waals surface area contributed by atoms with Gasteiger partial charge in [-0.1, -0.05) is 0 Å². The summed E-state index contributed by atoms with van der Waals surface area (Å²) in [6.07, 6.45) is 0.882. The standard InChI is InChI=1S/C14H12O5/c1-17-7-5-10(18-2)13-8-3-4-9(15)12(8)14(16)19-11(13)6-7/h5-6H,3-4H2,1-2H3. The third-order valence-electron chi connectivity index (χ3n) is 3.39. The second-order valence-electron chi connectivity index (χ2n) is 4.37. The number of hydrogen-bond donors (Lipinski definition) is 0. The Morgan fingerprint density at radius 3 is 2.58 bits per heavy atom. The Morgan fingerprint density at radius 1 is 1.11 bits per heavy atom. The Balaban J connectivity index is 2.47. The minimum Gasteiger partial charge on any atom is -0.496 e. The number of ketones is 1. The van der Waals surface area contributed by atoms with E-state index in [0.717, 1.165) is 5.56 Å². The molecule has 0 atom stereocenters. The number of fused-ring (bicyclic) bond motifs is 3. The molecule has 0 aliphatic heterocycles. The molecule has 1 heterocycles. The van der Waals surface area contributed by atoms with Gasteiger partial charge in [-0.2, -0.15) is 0 Å². The normalized spacial score (nSPS) is 13.7. The average molecular weight is 260 g/mol. The Morgan fingerprint density at radius 2 is 1.89 bits per heavy atom. The Labute approximate surface area is 108 Å². The average Bonchev–Trinajstić information content (AvgIpc) is 2.80. The summed E-state index contributed by atoms with van der Waals surface area (Å²) in [5, 5.41) is 0.684. The molecule has 1 aliphatic rings. The van der Waals surface area contributed by atoms with Crippen LogP contribution < -0.4 is 15.1 Å². The van der Waals surface area contributed by atoms with Gasteiger partial charge in [0.1, 0.15) is 22.6 Å². The summed E-state index contributed by atoms with van der Waals surface area (Å²) in [5.41, 5.74) is 0.682. The van der Waals surface area contributed by atoms with E-state index in [2.05, 4.69) is 0 Å². The van der Waals surface area contributed by atoms with Crippen molar-refractivity contribution in [3.05, 3.63) is 33.7 Å². The van der Waals surface area contributed by atoms with Gasteiger partial charge in [-0.3, -0.25) is 4.79 Å². The highest BCUT2D eigenvalue weighted by Crippen LogP contribution is 2.36. The van der Waals surface area contributed by atoms with E-state index in [1.807, 2.05) is 0 Å². The zero-order valence-corrected chi connectivity index (χ0v) is 10.6. The summed E-state index contributed by atoms with van der Waals surface area (Å²) < 4.78 is 15.7. The fourth-order valence-corrected chi connectivity index (χ4v) is 2.52. The molecule has 0 unspecified atom stereocenters. The first-order valence-electron chi connectivity index (χ1n) is 5.90. The number of ether oxygens (including phenoxy) is 2. The van der Waals surface area contributed by atoms with Crippen molar-refractivity contribution >= 4 is 16.8 Å². The Hall–Kier alpha value is -2.30. The van der Waals surface area contributed by atoms with Crippen LogP contribution in [-0.2, 0) is 6.42 Å². The molecule has 19 heavy (non-hydrogen) atoms. The molecule has 2 aromatic rings. The molecule has 0 amide bonds. The second-order valence-corrected chi connectivity index (χ2v) is 4.37. The van der Waals surface area contributed by atoms with Crippen LogP contribution in [0.3, 0.4) is 0 Å². The zero-order valence-electron chi connectivity index (χ0n) is 10.6. The molecule has 1 aromatic carbocycles. The molecular weight excluding hydrogens is 248 g/mol. The smallest absolute Gasteiger partial charge is 0.347 e. The zero-order chi connectivity index (χ0) is 13.6. The predicted octanol–water partition coefficient (Wildman–Crippen LogP) is 1.94. The van der Waals surface area contributed by atoms with E-state index in [0.29, 0.717) is 35.3 Å². The van der Waals surface area contributed by atoms with Crippen molar-refractivity contribution in [2.75, 3.05) is 14.2 Å². The SMILES string of the molecule is COc1cc(OC)c2c3c(c(=O)oc2c1)C(=O)CC3. The predicted molar refractivity (Wildman–Crippen MR) is 68.2 cm³/mol. The van der Waals surface area contributed by atoms with E-state index in [4.69, 9.17) is 13.9 Å². The van der Waals surface area contributed by atoms with Crippen LogP contribution in [0.5, 0.6) is 11.5 Å². The third kappa shape index (κ3) is 1.62. The van der Waals surface area contributed by atoms with E-state index in [1.54, 1.807) is 12.1 Å². The van der Waals surface area contributed by atoms with Crippen LogP contribution >= 0.6 is 0 Å². The quantitative estimate of drug-likeness (QED) is 0.772. The Kier molecular flexibility index (Phi) is 2.55. The topological polar surface area (TPSA) is 65.7 Å². The van der Waals surface area contributed by atoms with Crippen LogP contribution in [0.1, 0.15) is 22.3 Å². The summed E-state index contributed by atoms with van der Waals surface area (Å²) in [6.45, 7) is 0. The van der Waals surface area contributed by atoms with Gasteiger partial charge in [0, 0.05) is 18.6 Å². The van der Waals surface area contributed by atoms with Gasteiger partial charge in [0.05, 0.1) is 19.6 Å². The minimum atomic E-state index is -0.583. The van der Waals surface area contributed by atoms with Gasteiger partial charge in [0.15, 0.2) is 5.78 Å². The maximum Gasteiger partial charge on any atom is 0.347 e. The maximum atomic E-state index is 11.9. The van der Waals surface area contributed by atoms with E-state index in [1.165, 1.54) is 14.2 Å². The van der Waals surface area contributed by atoms with Crippen LogP contribution in [0, 0.1) is 0 Å². The first-order chi connectivity index (χ1) is 9.15. The molecule has 0 radical (unpaired) electrons. The van der Waals surface area contributed by atoms with E-state index >= 15 is 0 Å². The summed E-state index contributed by atoms with van der Waals surface area (Å²) in [5.74, 6) is 0.921. The molecule has 0 N–H and O–H groups in total. The molecule has 1 aliphatic carbocycles. The van der Waals surface area contributed by atoms with Gasteiger partial charge in [0.25, 0.3) is 0 Å². The van der Waals surface area contributed by atoms with Crippen molar-refractivity contribution in [3.63, 3.8) is 0 Å². The number of aryl methyl sites for hydroxylation is 1. The lowest BCUT2D eigenvalue weighted by Gasteiger charge is -2.10. The minimum absolute atomic E-state index is 0.163. The van der Waals surface area contributed by atoms with Crippen molar-refractivity contribution in [3.8, 4) is 11.5 Å². The summed E-state index contributed by atoms with van der Waals surface area (Å²) in [7, 11) is 3.05. The third-order valence-corrected chi connectivity index (χ3v) is 3.39. The molecular formula is C14H12O5. The van der Waals surface area contributed by atoms with Crippen molar-refractivity contribution in [1.29, 1.82) is 0 Å². The number of methoxy groups -OCH3 is 2. The second kappa shape index (κ2) is 4.12. The van der Waals surface area contributed by atoms with E-state index in [-0.39, 0.29) is 11.3 Å². The van der Waals surface area contributed by atoms with Gasteiger partial charge in [-0.05, 0) is 12.0 Å². The first kappa shape index (κ1) is 11.8. The van der Waals surface area contributed by atoms with Gasteiger partial charge in [0.2, 0.25) is 0 Å². The number of benzene rings is 1. The monoisotopic (exact) mass is 260 g/mol. The van der Waals surface area contributed by atoms with Crippen LogP contribution in [0.15, 0.2) is 21.3 Å². The van der Waals surface area contributed by atoms with Crippen LogP contribution in [0.2, 0.25) is 0 Å². The molecule has 0 saturated heterocycles. The summed E-state index contributed by atoms with van der Waals surface area (Å²) in [6, 6.07) is 3.34.